The standard InChI is InChI=1S/C18H14O8S2/c19-15-9(5-7-23-15)25-17(21)13-3-1-11(27-13)12-2-4-14(28-12)18(22)26-10-6-8-24-16(10)20/h1-4,9-10H,5-8H2/t9-,10+. The molecule has 0 bridgehead atoms. The monoisotopic (exact) mass is 422 g/mol. The highest BCUT2D eigenvalue weighted by Crippen LogP contribution is 2.34. The molecule has 2 atom stereocenters. The van der Waals surface area contributed by atoms with Crippen LogP contribution in [0.3, 0.4) is 0 Å². The normalized spacial score (nSPS) is 21.3. The first-order valence-corrected chi connectivity index (χ1v) is 10.1. The molecule has 0 saturated carbocycles. The summed E-state index contributed by atoms with van der Waals surface area (Å²) in [6.45, 7) is 0.498. The summed E-state index contributed by atoms with van der Waals surface area (Å²) in [6.07, 6.45) is -1.01. The van der Waals surface area contributed by atoms with Gasteiger partial charge in [0.25, 0.3) is 0 Å². The minimum atomic E-state index is -0.858. The second-order valence-electron chi connectivity index (χ2n) is 6.03. The van der Waals surface area contributed by atoms with Gasteiger partial charge < -0.3 is 18.9 Å². The highest BCUT2D eigenvalue weighted by atomic mass is 32.1. The summed E-state index contributed by atoms with van der Waals surface area (Å²) < 4.78 is 19.9. The Kier molecular flexibility index (Phi) is 5.14. The molecule has 4 heterocycles. The highest BCUT2D eigenvalue weighted by molar-refractivity contribution is 7.23. The SMILES string of the molecule is O=C(O[C@H]1CCOC1=O)c1ccc(-c2ccc(C(=O)O[C@@H]3CCOC3=O)s2)s1. The molecule has 0 radical (unpaired) electrons. The Balaban J connectivity index is 1.41. The smallest absolute Gasteiger partial charge is 0.349 e. The molecule has 2 aliphatic rings. The Morgan fingerprint density at radius 2 is 1.21 bits per heavy atom. The number of thiophene rings is 2. The van der Waals surface area contributed by atoms with Crippen molar-refractivity contribution in [2.24, 2.45) is 0 Å². The number of carbonyl (C=O) groups is 4. The van der Waals surface area contributed by atoms with Crippen molar-refractivity contribution in [2.45, 2.75) is 25.0 Å². The first-order chi connectivity index (χ1) is 13.5. The van der Waals surface area contributed by atoms with Gasteiger partial charge in [0.1, 0.15) is 9.75 Å². The lowest BCUT2D eigenvalue weighted by Gasteiger charge is -2.06. The molecule has 146 valence electrons. The largest absolute Gasteiger partial charge is 0.463 e. The van der Waals surface area contributed by atoms with E-state index in [2.05, 4.69) is 0 Å². The minimum absolute atomic E-state index is 0.249. The van der Waals surface area contributed by atoms with Crippen molar-refractivity contribution >= 4 is 46.6 Å². The van der Waals surface area contributed by atoms with E-state index in [0.717, 1.165) is 9.75 Å². The number of cyclic esters (lactones) is 2. The third-order valence-electron chi connectivity index (χ3n) is 4.13. The third-order valence-corrected chi connectivity index (χ3v) is 6.46. The molecule has 28 heavy (non-hydrogen) atoms. The van der Waals surface area contributed by atoms with Crippen LogP contribution in [-0.4, -0.2) is 49.3 Å². The summed E-state index contributed by atoms with van der Waals surface area (Å²) in [7, 11) is 0. The van der Waals surface area contributed by atoms with E-state index in [-0.39, 0.29) is 13.2 Å². The second-order valence-corrected chi connectivity index (χ2v) is 8.20. The molecule has 2 aliphatic heterocycles. The van der Waals surface area contributed by atoms with Gasteiger partial charge in [0.05, 0.1) is 13.2 Å². The first-order valence-electron chi connectivity index (χ1n) is 8.46. The quantitative estimate of drug-likeness (QED) is 0.534. The zero-order valence-electron chi connectivity index (χ0n) is 14.4. The van der Waals surface area contributed by atoms with Gasteiger partial charge in [-0.25, -0.2) is 19.2 Å². The lowest BCUT2D eigenvalue weighted by molar-refractivity contribution is -0.145. The molecule has 8 nitrogen and oxygen atoms in total. The lowest BCUT2D eigenvalue weighted by Crippen LogP contribution is -2.22. The molecule has 0 spiro atoms. The van der Waals surface area contributed by atoms with Crippen LogP contribution in [0.2, 0.25) is 0 Å². The van der Waals surface area contributed by atoms with Crippen LogP contribution in [0.1, 0.15) is 32.2 Å². The summed E-state index contributed by atoms with van der Waals surface area (Å²) in [5.74, 6) is -2.23. The lowest BCUT2D eigenvalue weighted by atomic mass is 10.3. The van der Waals surface area contributed by atoms with Gasteiger partial charge in [-0.15, -0.1) is 22.7 Å². The van der Waals surface area contributed by atoms with Gasteiger partial charge in [-0.05, 0) is 24.3 Å². The van der Waals surface area contributed by atoms with Crippen LogP contribution in [0.15, 0.2) is 24.3 Å². The van der Waals surface area contributed by atoms with Crippen LogP contribution < -0.4 is 0 Å². The Morgan fingerprint density at radius 1 is 0.786 bits per heavy atom. The molecule has 2 aromatic heterocycles. The van der Waals surface area contributed by atoms with Crippen molar-refractivity contribution in [3.63, 3.8) is 0 Å². The predicted octanol–water partition coefficient (Wildman–Crippen LogP) is 2.42. The second kappa shape index (κ2) is 7.72. The zero-order valence-corrected chi connectivity index (χ0v) is 16.0. The number of hydrogen-bond donors (Lipinski definition) is 0. The Bertz CT molecular complexity index is 867. The van der Waals surface area contributed by atoms with E-state index < -0.39 is 36.1 Å². The maximum atomic E-state index is 12.2. The Hall–Kier alpha value is -2.72. The number of carbonyl (C=O) groups excluding carboxylic acids is 4. The van der Waals surface area contributed by atoms with Crippen molar-refractivity contribution in [3.8, 4) is 9.75 Å². The molecule has 0 amide bonds. The fraction of sp³-hybridized carbons (Fsp3) is 0.333. The molecule has 10 heteroatoms. The Morgan fingerprint density at radius 3 is 1.57 bits per heavy atom. The van der Waals surface area contributed by atoms with E-state index in [1.807, 2.05) is 0 Å². The molecule has 0 N–H and O–H groups in total. The number of hydrogen-bond acceptors (Lipinski definition) is 10. The van der Waals surface area contributed by atoms with Crippen LogP contribution in [0, 0.1) is 0 Å². The van der Waals surface area contributed by atoms with E-state index in [1.54, 1.807) is 24.3 Å². The molecular formula is C18H14O8S2. The summed E-state index contributed by atoms with van der Waals surface area (Å²) in [4.78, 5) is 49.4. The van der Waals surface area contributed by atoms with E-state index in [0.29, 0.717) is 22.6 Å². The van der Waals surface area contributed by atoms with Crippen LogP contribution in [-0.2, 0) is 28.5 Å². The maximum absolute atomic E-state index is 12.2. The molecule has 4 rings (SSSR count). The molecule has 2 fully saturated rings. The van der Waals surface area contributed by atoms with Crippen LogP contribution in [0.25, 0.3) is 9.75 Å². The first kappa shape index (κ1) is 18.6. The van der Waals surface area contributed by atoms with Gasteiger partial charge in [0.2, 0.25) is 12.2 Å². The van der Waals surface area contributed by atoms with Crippen molar-refractivity contribution in [1.82, 2.24) is 0 Å². The molecule has 0 aromatic carbocycles. The highest BCUT2D eigenvalue weighted by Gasteiger charge is 2.32. The van der Waals surface area contributed by atoms with Gasteiger partial charge in [0.15, 0.2) is 0 Å². The number of esters is 4. The average molecular weight is 422 g/mol. The van der Waals surface area contributed by atoms with Gasteiger partial charge >= 0.3 is 23.9 Å². The van der Waals surface area contributed by atoms with Crippen molar-refractivity contribution < 1.29 is 38.1 Å². The zero-order chi connectivity index (χ0) is 19.7. The number of rotatable bonds is 5. The van der Waals surface area contributed by atoms with Crippen molar-refractivity contribution in [2.75, 3.05) is 13.2 Å². The topological polar surface area (TPSA) is 105 Å². The maximum Gasteiger partial charge on any atom is 0.349 e. The fourth-order valence-corrected chi connectivity index (χ4v) is 4.57. The number of ether oxygens (including phenoxy) is 4. The van der Waals surface area contributed by atoms with Crippen LogP contribution in [0.5, 0.6) is 0 Å². The fourth-order valence-electron chi connectivity index (χ4n) is 2.70. The molecular weight excluding hydrogens is 408 g/mol. The van der Waals surface area contributed by atoms with Crippen molar-refractivity contribution in [3.05, 3.63) is 34.0 Å². The van der Waals surface area contributed by atoms with Crippen LogP contribution in [0.4, 0.5) is 0 Å². The molecule has 2 aromatic rings. The van der Waals surface area contributed by atoms with E-state index in [1.165, 1.54) is 22.7 Å². The Labute approximate surface area is 167 Å². The molecule has 0 unspecified atom stereocenters. The predicted molar refractivity (Wildman–Crippen MR) is 97.2 cm³/mol. The summed E-state index contributed by atoms with van der Waals surface area (Å²) in [5.41, 5.74) is 0. The summed E-state index contributed by atoms with van der Waals surface area (Å²) >= 11 is 2.39. The van der Waals surface area contributed by atoms with E-state index >= 15 is 0 Å². The summed E-state index contributed by atoms with van der Waals surface area (Å²) in [6, 6.07) is 6.69. The van der Waals surface area contributed by atoms with Crippen molar-refractivity contribution in [1.29, 1.82) is 0 Å². The average Bonchev–Trinajstić information content (AvgIpc) is 3.44. The van der Waals surface area contributed by atoms with Gasteiger partial charge in [-0.3, -0.25) is 0 Å². The van der Waals surface area contributed by atoms with E-state index in [9.17, 15) is 19.2 Å². The summed E-state index contributed by atoms with van der Waals surface area (Å²) in [5, 5.41) is 0. The van der Waals surface area contributed by atoms with E-state index in [4.69, 9.17) is 18.9 Å². The van der Waals surface area contributed by atoms with Gasteiger partial charge in [-0.1, -0.05) is 0 Å². The third kappa shape index (κ3) is 3.78. The molecule has 0 aliphatic carbocycles. The minimum Gasteiger partial charge on any atom is -0.463 e. The van der Waals surface area contributed by atoms with Gasteiger partial charge in [0, 0.05) is 22.6 Å². The van der Waals surface area contributed by atoms with Gasteiger partial charge in [-0.2, -0.15) is 0 Å². The molecule has 2 saturated heterocycles. The van der Waals surface area contributed by atoms with Crippen LogP contribution >= 0.6 is 22.7 Å².